The molecule has 1 aromatic heterocycles. The van der Waals surface area contributed by atoms with Crippen molar-refractivity contribution in [3.05, 3.63) is 20.5 Å². The molecule has 6 heteroatoms. The highest BCUT2D eigenvalue weighted by atomic mass is 127. The molecule has 0 saturated carbocycles. The maximum atomic E-state index is 12.3. The van der Waals surface area contributed by atoms with Crippen molar-refractivity contribution in [3.63, 3.8) is 0 Å². The first kappa shape index (κ1) is 10.9. The van der Waals surface area contributed by atoms with Crippen LogP contribution in [0.15, 0.2) is 6.20 Å². The van der Waals surface area contributed by atoms with Crippen LogP contribution in [0, 0.1) is 3.57 Å². The van der Waals surface area contributed by atoms with Crippen molar-refractivity contribution in [2.24, 2.45) is 0 Å². The number of nitrogens with zero attached hydrogens (tertiary/aromatic N) is 1. The third-order valence-corrected chi connectivity index (χ3v) is 2.88. The minimum atomic E-state index is -2.68. The van der Waals surface area contributed by atoms with Crippen LogP contribution in [0.1, 0.15) is 12.1 Å². The van der Waals surface area contributed by atoms with E-state index in [1.54, 1.807) is 0 Å². The summed E-state index contributed by atoms with van der Waals surface area (Å²) >= 11 is 7.63. The van der Waals surface area contributed by atoms with Crippen molar-refractivity contribution in [3.8, 4) is 5.75 Å². The van der Waals surface area contributed by atoms with Gasteiger partial charge in [0.2, 0.25) is 0 Å². The molecular weight excluding hydrogens is 314 g/mol. The SMILES string of the molecule is COc1c(C(F)F)ncc(I)c1Cl. The second-order valence-electron chi connectivity index (χ2n) is 2.14. The smallest absolute Gasteiger partial charge is 0.284 e. The van der Waals surface area contributed by atoms with Gasteiger partial charge in [-0.3, -0.25) is 4.98 Å². The molecule has 72 valence electrons. The van der Waals surface area contributed by atoms with E-state index in [1.807, 2.05) is 22.6 Å². The Hall–Kier alpha value is -0.170. The number of methoxy groups -OCH3 is 1. The number of halogens is 4. The van der Waals surface area contributed by atoms with Crippen LogP contribution in [0.2, 0.25) is 5.02 Å². The van der Waals surface area contributed by atoms with E-state index in [-0.39, 0.29) is 10.8 Å². The summed E-state index contributed by atoms with van der Waals surface area (Å²) in [4.78, 5) is 3.54. The molecule has 0 saturated heterocycles. The van der Waals surface area contributed by atoms with Crippen molar-refractivity contribution >= 4 is 34.2 Å². The fourth-order valence-electron chi connectivity index (χ4n) is 0.812. The van der Waals surface area contributed by atoms with E-state index in [1.165, 1.54) is 13.3 Å². The first-order chi connectivity index (χ1) is 6.07. The Morgan fingerprint density at radius 2 is 2.23 bits per heavy atom. The summed E-state index contributed by atoms with van der Waals surface area (Å²) in [6, 6.07) is 0. The van der Waals surface area contributed by atoms with Gasteiger partial charge < -0.3 is 4.74 Å². The van der Waals surface area contributed by atoms with Crippen molar-refractivity contribution < 1.29 is 13.5 Å². The average molecular weight is 319 g/mol. The number of alkyl halides is 2. The minimum absolute atomic E-state index is 0.0523. The van der Waals surface area contributed by atoms with Crippen LogP contribution in [0.5, 0.6) is 5.75 Å². The largest absolute Gasteiger partial charge is 0.493 e. The Labute approximate surface area is 92.4 Å². The van der Waals surface area contributed by atoms with Crippen molar-refractivity contribution in [2.45, 2.75) is 6.43 Å². The fraction of sp³-hybridized carbons (Fsp3) is 0.286. The van der Waals surface area contributed by atoms with E-state index in [4.69, 9.17) is 16.3 Å². The van der Waals surface area contributed by atoms with E-state index in [0.29, 0.717) is 3.57 Å². The first-order valence-corrected chi connectivity index (χ1v) is 4.69. The van der Waals surface area contributed by atoms with Gasteiger partial charge in [-0.15, -0.1) is 0 Å². The zero-order valence-electron chi connectivity index (χ0n) is 6.52. The lowest BCUT2D eigenvalue weighted by molar-refractivity contribution is 0.141. The molecule has 0 unspecified atom stereocenters. The van der Waals surface area contributed by atoms with Gasteiger partial charge in [-0.25, -0.2) is 8.78 Å². The van der Waals surface area contributed by atoms with Crippen molar-refractivity contribution in [2.75, 3.05) is 7.11 Å². The third-order valence-electron chi connectivity index (χ3n) is 1.37. The highest BCUT2D eigenvalue weighted by Crippen LogP contribution is 2.35. The van der Waals surface area contributed by atoms with Crippen LogP contribution in [-0.4, -0.2) is 12.1 Å². The summed E-state index contributed by atoms with van der Waals surface area (Å²) < 4.78 is 30.0. The van der Waals surface area contributed by atoms with Crippen LogP contribution < -0.4 is 4.74 Å². The van der Waals surface area contributed by atoms with E-state index in [9.17, 15) is 8.78 Å². The van der Waals surface area contributed by atoms with Gasteiger partial charge in [0.1, 0.15) is 5.69 Å². The average Bonchev–Trinajstić information content (AvgIpc) is 2.09. The van der Waals surface area contributed by atoms with E-state index < -0.39 is 12.1 Å². The molecule has 0 amide bonds. The zero-order chi connectivity index (χ0) is 10.0. The molecule has 0 atom stereocenters. The summed E-state index contributed by atoms with van der Waals surface area (Å²) in [6.45, 7) is 0. The van der Waals surface area contributed by atoms with Crippen LogP contribution in [-0.2, 0) is 0 Å². The standard InChI is InChI=1S/C7H5ClF2INO/c1-13-6-4(8)3(11)2-12-5(6)7(9)10/h2,7H,1H3. The zero-order valence-corrected chi connectivity index (χ0v) is 9.44. The van der Waals surface area contributed by atoms with Gasteiger partial charge in [0.15, 0.2) is 5.75 Å². The molecule has 1 rings (SSSR count). The maximum Gasteiger partial charge on any atom is 0.284 e. The Morgan fingerprint density at radius 3 is 2.69 bits per heavy atom. The van der Waals surface area contributed by atoms with Crippen LogP contribution in [0.4, 0.5) is 8.78 Å². The lowest BCUT2D eigenvalue weighted by Gasteiger charge is -2.08. The lowest BCUT2D eigenvalue weighted by atomic mass is 10.3. The molecule has 0 aliphatic heterocycles. The molecule has 2 nitrogen and oxygen atoms in total. The topological polar surface area (TPSA) is 22.1 Å². The van der Waals surface area contributed by atoms with Crippen LogP contribution in [0.3, 0.4) is 0 Å². The molecule has 0 aliphatic carbocycles. The van der Waals surface area contributed by atoms with Crippen LogP contribution in [0.25, 0.3) is 0 Å². The van der Waals surface area contributed by atoms with Crippen molar-refractivity contribution in [1.29, 1.82) is 0 Å². The van der Waals surface area contributed by atoms with Gasteiger partial charge >= 0.3 is 0 Å². The van der Waals surface area contributed by atoms with Gasteiger partial charge in [0, 0.05) is 6.20 Å². The summed E-state index contributed by atoms with van der Waals surface area (Å²) in [6.07, 6.45) is -1.39. The molecule has 0 radical (unpaired) electrons. The van der Waals surface area contributed by atoms with Crippen LogP contribution >= 0.6 is 34.2 Å². The fourth-order valence-corrected chi connectivity index (χ4v) is 1.42. The second kappa shape index (κ2) is 4.36. The highest BCUT2D eigenvalue weighted by Gasteiger charge is 2.19. The van der Waals surface area contributed by atoms with Gasteiger partial charge in [0.25, 0.3) is 6.43 Å². The van der Waals surface area contributed by atoms with Gasteiger partial charge in [-0.05, 0) is 22.6 Å². The number of hydrogen-bond donors (Lipinski definition) is 0. The molecule has 0 bridgehead atoms. The first-order valence-electron chi connectivity index (χ1n) is 3.24. The quantitative estimate of drug-likeness (QED) is 0.781. The number of aromatic nitrogens is 1. The molecular formula is C7H5ClF2INO. The molecule has 0 fully saturated rings. The number of hydrogen-bond acceptors (Lipinski definition) is 2. The summed E-state index contributed by atoms with van der Waals surface area (Å²) in [7, 11) is 1.28. The molecule has 1 heterocycles. The minimum Gasteiger partial charge on any atom is -0.493 e. The number of rotatable bonds is 2. The molecule has 0 N–H and O–H groups in total. The second-order valence-corrected chi connectivity index (χ2v) is 3.68. The molecule has 0 spiro atoms. The third kappa shape index (κ3) is 2.19. The van der Waals surface area contributed by atoms with Gasteiger partial charge in [-0.1, -0.05) is 11.6 Å². The molecule has 13 heavy (non-hydrogen) atoms. The van der Waals surface area contributed by atoms with E-state index >= 15 is 0 Å². The van der Waals surface area contributed by atoms with E-state index in [2.05, 4.69) is 4.98 Å². The molecule has 0 aromatic carbocycles. The Kier molecular flexibility index (Phi) is 3.66. The summed E-state index contributed by atoms with van der Waals surface area (Å²) in [5.41, 5.74) is -0.423. The van der Waals surface area contributed by atoms with Crippen molar-refractivity contribution in [1.82, 2.24) is 4.98 Å². The Morgan fingerprint density at radius 1 is 1.62 bits per heavy atom. The van der Waals surface area contributed by atoms with Gasteiger partial charge in [0.05, 0.1) is 15.7 Å². The lowest BCUT2D eigenvalue weighted by Crippen LogP contribution is -1.98. The Bertz CT molecular complexity index is 322. The number of pyridine rings is 1. The Balaban J connectivity index is 3.30. The number of ether oxygens (including phenoxy) is 1. The van der Waals surface area contributed by atoms with E-state index in [0.717, 1.165) is 0 Å². The highest BCUT2D eigenvalue weighted by molar-refractivity contribution is 14.1. The monoisotopic (exact) mass is 319 g/mol. The predicted octanol–water partition coefficient (Wildman–Crippen LogP) is 3.29. The molecule has 1 aromatic rings. The summed E-state index contributed by atoms with van der Waals surface area (Å²) in [5, 5.41) is 0.174. The maximum absolute atomic E-state index is 12.3. The normalized spacial score (nSPS) is 10.6. The van der Waals surface area contributed by atoms with Gasteiger partial charge in [-0.2, -0.15) is 0 Å². The summed E-state index contributed by atoms with van der Waals surface area (Å²) in [5.74, 6) is -0.0523. The molecule has 0 aliphatic rings. The predicted molar refractivity (Wildman–Crippen MR) is 53.5 cm³/mol.